The van der Waals surface area contributed by atoms with Gasteiger partial charge in [0.2, 0.25) is 0 Å². The molecule has 0 bridgehead atoms. The van der Waals surface area contributed by atoms with Crippen molar-refractivity contribution in [3.63, 3.8) is 0 Å². The lowest BCUT2D eigenvalue weighted by atomic mass is 9.83. The van der Waals surface area contributed by atoms with Crippen LogP contribution in [-0.2, 0) is 25.5 Å². The Morgan fingerprint density at radius 1 is 0.850 bits per heavy atom. The van der Waals surface area contributed by atoms with Crippen LogP contribution in [0.4, 0.5) is 4.39 Å². The Labute approximate surface area is 235 Å². The summed E-state index contributed by atoms with van der Waals surface area (Å²) in [5, 5.41) is 9.65. The molecule has 0 atom stereocenters. The van der Waals surface area contributed by atoms with Crippen LogP contribution in [0.5, 0.6) is 11.5 Å². The van der Waals surface area contributed by atoms with Gasteiger partial charge >= 0.3 is 11.9 Å². The van der Waals surface area contributed by atoms with Crippen LogP contribution in [0.2, 0.25) is 0 Å². The Balaban J connectivity index is 1.90. The number of halogens is 1. The molecule has 0 unspecified atom stereocenters. The highest BCUT2D eigenvalue weighted by Crippen LogP contribution is 2.40. The number of rotatable bonds is 14. The van der Waals surface area contributed by atoms with Crippen LogP contribution < -0.4 is 9.47 Å². The molecule has 1 aliphatic rings. The maximum absolute atomic E-state index is 15.6. The van der Waals surface area contributed by atoms with E-state index in [1.807, 2.05) is 6.07 Å². The summed E-state index contributed by atoms with van der Waals surface area (Å²) in [6.45, 7) is 10.1. The standard InChI is InChI=1S/C32H39FO7/c1-21(2)31(35)39-16-14-37-29-20-27(26-11-10-24(18-28(26)33)23-8-6-5-7-9-23)30(19-25(29)12-13-34)38-15-17-40-32(36)22(3)4/h10-11,18-20,23,34H,1,3,5-9,12-17H2,2,4H3. The van der Waals surface area contributed by atoms with Crippen molar-refractivity contribution in [3.8, 4) is 22.6 Å². The molecular weight excluding hydrogens is 515 g/mol. The van der Waals surface area contributed by atoms with Crippen molar-refractivity contribution in [3.05, 3.63) is 71.6 Å². The molecule has 1 aliphatic carbocycles. The van der Waals surface area contributed by atoms with Crippen LogP contribution in [0.15, 0.2) is 54.6 Å². The summed E-state index contributed by atoms with van der Waals surface area (Å²) in [6, 6.07) is 8.68. The Morgan fingerprint density at radius 3 is 2.00 bits per heavy atom. The lowest BCUT2D eigenvalue weighted by molar-refractivity contribution is -0.140. The first-order valence-electron chi connectivity index (χ1n) is 13.7. The molecule has 2 aromatic rings. The zero-order valence-corrected chi connectivity index (χ0v) is 23.4. The number of carbonyl (C=O) groups is 2. The molecule has 0 saturated heterocycles. The van der Waals surface area contributed by atoms with Crippen molar-refractivity contribution >= 4 is 11.9 Å². The molecule has 1 N–H and O–H groups in total. The highest BCUT2D eigenvalue weighted by molar-refractivity contribution is 5.87. The normalized spacial score (nSPS) is 13.4. The molecule has 0 radical (unpaired) electrons. The van der Waals surface area contributed by atoms with Crippen molar-refractivity contribution in [1.82, 2.24) is 0 Å². The van der Waals surface area contributed by atoms with Crippen LogP contribution in [-0.4, -0.2) is 50.1 Å². The summed E-state index contributed by atoms with van der Waals surface area (Å²) in [5.41, 5.74) is 2.97. The van der Waals surface area contributed by atoms with E-state index < -0.39 is 11.9 Å². The van der Waals surface area contributed by atoms with Gasteiger partial charge in [-0.05, 0) is 62.8 Å². The van der Waals surface area contributed by atoms with Crippen LogP contribution in [0.25, 0.3) is 11.1 Å². The molecule has 1 saturated carbocycles. The highest BCUT2D eigenvalue weighted by atomic mass is 19.1. The van der Waals surface area contributed by atoms with Gasteiger partial charge in [0.1, 0.15) is 43.7 Å². The molecule has 3 rings (SSSR count). The van der Waals surface area contributed by atoms with Gasteiger partial charge in [-0.1, -0.05) is 44.6 Å². The van der Waals surface area contributed by atoms with Crippen LogP contribution in [0.3, 0.4) is 0 Å². The Morgan fingerprint density at radius 2 is 1.45 bits per heavy atom. The molecule has 2 aromatic carbocycles. The predicted molar refractivity (Wildman–Crippen MR) is 151 cm³/mol. The fraction of sp³-hybridized carbons (Fsp3) is 0.438. The number of esters is 2. The second kappa shape index (κ2) is 15.2. The van der Waals surface area contributed by atoms with E-state index >= 15 is 4.39 Å². The van der Waals surface area contributed by atoms with Crippen molar-refractivity contribution in [2.75, 3.05) is 33.0 Å². The highest BCUT2D eigenvalue weighted by Gasteiger charge is 2.21. The van der Waals surface area contributed by atoms with Crippen molar-refractivity contribution in [1.29, 1.82) is 0 Å². The van der Waals surface area contributed by atoms with Gasteiger partial charge < -0.3 is 24.1 Å². The van der Waals surface area contributed by atoms with Gasteiger partial charge in [-0.2, -0.15) is 0 Å². The molecular formula is C32H39FO7. The zero-order chi connectivity index (χ0) is 29.1. The number of ether oxygens (including phenoxy) is 4. The first kappa shape index (κ1) is 30.9. The van der Waals surface area contributed by atoms with E-state index in [2.05, 4.69) is 13.2 Å². The molecule has 7 nitrogen and oxygen atoms in total. The number of hydrogen-bond acceptors (Lipinski definition) is 7. The number of benzene rings is 2. The maximum atomic E-state index is 15.6. The number of hydrogen-bond donors (Lipinski definition) is 1. The van der Waals surface area contributed by atoms with Crippen LogP contribution >= 0.6 is 0 Å². The second-order valence-electron chi connectivity index (χ2n) is 10.0. The maximum Gasteiger partial charge on any atom is 0.333 e. The number of aliphatic hydroxyl groups excluding tert-OH is 1. The third-order valence-corrected chi connectivity index (χ3v) is 6.75. The van der Waals surface area contributed by atoms with Gasteiger partial charge in [0.15, 0.2) is 0 Å². The summed E-state index contributed by atoms with van der Waals surface area (Å²) >= 11 is 0. The van der Waals surface area contributed by atoms with E-state index in [0.29, 0.717) is 34.1 Å². The Kier molecular flexibility index (Phi) is 11.8. The van der Waals surface area contributed by atoms with Gasteiger partial charge in [0, 0.05) is 34.4 Å². The second-order valence-corrected chi connectivity index (χ2v) is 10.0. The van der Waals surface area contributed by atoms with Crippen molar-refractivity contribution < 1.29 is 38.0 Å². The smallest absolute Gasteiger partial charge is 0.333 e. The Bertz CT molecular complexity index is 1210. The van der Waals surface area contributed by atoms with E-state index in [4.69, 9.17) is 18.9 Å². The average Bonchev–Trinajstić information content (AvgIpc) is 2.94. The summed E-state index contributed by atoms with van der Waals surface area (Å²) in [5.74, 6) is -0.296. The molecule has 0 spiro atoms. The average molecular weight is 555 g/mol. The lowest BCUT2D eigenvalue weighted by Crippen LogP contribution is -2.14. The summed E-state index contributed by atoms with van der Waals surface area (Å²) in [7, 11) is 0. The molecule has 0 aromatic heterocycles. The fourth-order valence-electron chi connectivity index (χ4n) is 4.64. The molecule has 1 fully saturated rings. The van der Waals surface area contributed by atoms with Gasteiger partial charge in [-0.3, -0.25) is 0 Å². The molecule has 216 valence electrons. The quantitative estimate of drug-likeness (QED) is 0.172. The third-order valence-electron chi connectivity index (χ3n) is 6.75. The van der Waals surface area contributed by atoms with Crippen molar-refractivity contribution in [2.45, 2.75) is 58.3 Å². The SMILES string of the molecule is C=C(C)C(=O)OCCOc1cc(-c2ccc(C3CCCCC3)cc2F)c(OCCOC(=O)C(=C)C)cc1CCO. The fourth-order valence-corrected chi connectivity index (χ4v) is 4.64. The number of aliphatic hydroxyl groups is 1. The predicted octanol–water partition coefficient (Wildman–Crippen LogP) is 6.07. The van der Waals surface area contributed by atoms with Crippen LogP contribution in [0, 0.1) is 5.82 Å². The van der Waals surface area contributed by atoms with Gasteiger partial charge in [0.25, 0.3) is 0 Å². The first-order valence-corrected chi connectivity index (χ1v) is 13.7. The van der Waals surface area contributed by atoms with Crippen molar-refractivity contribution in [2.24, 2.45) is 0 Å². The monoisotopic (exact) mass is 554 g/mol. The molecule has 8 heteroatoms. The van der Waals surface area contributed by atoms with E-state index in [1.165, 1.54) is 6.42 Å². The largest absolute Gasteiger partial charge is 0.490 e. The van der Waals surface area contributed by atoms with E-state index in [1.54, 1.807) is 38.1 Å². The summed E-state index contributed by atoms with van der Waals surface area (Å²) in [6.07, 6.45) is 5.88. The summed E-state index contributed by atoms with van der Waals surface area (Å²) in [4.78, 5) is 23.4. The van der Waals surface area contributed by atoms with Crippen LogP contribution in [0.1, 0.15) is 63.0 Å². The molecule has 0 amide bonds. The molecule has 0 aliphatic heterocycles. The zero-order valence-electron chi connectivity index (χ0n) is 23.4. The lowest BCUT2D eigenvalue weighted by Gasteiger charge is -2.23. The Hall–Kier alpha value is -3.65. The van der Waals surface area contributed by atoms with Gasteiger partial charge in [0.05, 0.1) is 0 Å². The third kappa shape index (κ3) is 8.68. The first-order chi connectivity index (χ1) is 19.2. The minimum atomic E-state index is -0.523. The summed E-state index contributed by atoms with van der Waals surface area (Å²) < 4.78 is 37.7. The number of carbonyl (C=O) groups excluding carboxylic acids is 2. The van der Waals surface area contributed by atoms with E-state index in [9.17, 15) is 14.7 Å². The van der Waals surface area contributed by atoms with Gasteiger partial charge in [-0.15, -0.1) is 0 Å². The van der Waals surface area contributed by atoms with Gasteiger partial charge in [-0.25, -0.2) is 14.0 Å². The minimum absolute atomic E-state index is 0.00359. The molecule has 40 heavy (non-hydrogen) atoms. The van der Waals surface area contributed by atoms with E-state index in [0.717, 1.165) is 31.2 Å². The van der Waals surface area contributed by atoms with E-state index in [-0.39, 0.29) is 56.4 Å². The molecule has 0 heterocycles. The topological polar surface area (TPSA) is 91.3 Å². The minimum Gasteiger partial charge on any atom is -0.490 e.